The zero-order valence-corrected chi connectivity index (χ0v) is 8.80. The average Bonchev–Trinajstić information content (AvgIpc) is 2.83. The maximum absolute atomic E-state index is 11.6. The largest absolute Gasteiger partial charge is 0.461 e. The average molecular weight is 221 g/mol. The lowest BCUT2D eigenvalue weighted by Gasteiger charge is -2.11. The number of amides is 2. The quantitative estimate of drug-likeness (QED) is 0.560. The van der Waals surface area contributed by atoms with Crippen molar-refractivity contribution in [1.82, 2.24) is 4.90 Å². The van der Waals surface area contributed by atoms with E-state index in [1.165, 1.54) is 12.3 Å². The molecule has 0 bridgehead atoms. The highest BCUT2D eigenvalue weighted by molar-refractivity contribution is 6.08. The molecule has 1 fully saturated rings. The Labute approximate surface area is 92.0 Å². The Morgan fingerprint density at radius 1 is 1.56 bits per heavy atom. The fourth-order valence-corrected chi connectivity index (χ4v) is 1.67. The number of hydrogen-bond donors (Lipinski definition) is 0. The standard InChI is InChI=1S/C11H11NO4/c1-7-5-10(14)12(11(7)15)6-8(13)9-3-2-4-16-9/h2-4,7H,5-6H2,1H3. The monoisotopic (exact) mass is 221 g/mol. The predicted molar refractivity (Wildman–Crippen MR) is 53.5 cm³/mol. The number of carbonyl (C=O) groups excluding carboxylic acids is 3. The van der Waals surface area contributed by atoms with Crippen molar-refractivity contribution in [2.75, 3.05) is 6.54 Å². The summed E-state index contributed by atoms with van der Waals surface area (Å²) in [7, 11) is 0. The first-order valence-corrected chi connectivity index (χ1v) is 5.00. The predicted octanol–water partition coefficient (Wildman–Crippen LogP) is 0.857. The molecule has 84 valence electrons. The van der Waals surface area contributed by atoms with Gasteiger partial charge in [-0.2, -0.15) is 0 Å². The molecule has 1 saturated heterocycles. The van der Waals surface area contributed by atoms with Crippen molar-refractivity contribution in [3.05, 3.63) is 24.2 Å². The van der Waals surface area contributed by atoms with Gasteiger partial charge in [-0.25, -0.2) is 0 Å². The third-order valence-corrected chi connectivity index (χ3v) is 2.57. The zero-order valence-electron chi connectivity index (χ0n) is 8.80. The SMILES string of the molecule is CC1CC(=O)N(CC(=O)c2ccco2)C1=O. The van der Waals surface area contributed by atoms with Gasteiger partial charge in [-0.1, -0.05) is 6.92 Å². The molecule has 0 radical (unpaired) electrons. The van der Waals surface area contributed by atoms with Crippen molar-refractivity contribution in [3.8, 4) is 0 Å². The minimum Gasteiger partial charge on any atom is -0.461 e. The second kappa shape index (κ2) is 3.92. The van der Waals surface area contributed by atoms with Gasteiger partial charge in [0, 0.05) is 12.3 Å². The molecule has 5 nitrogen and oxygen atoms in total. The number of rotatable bonds is 3. The van der Waals surface area contributed by atoms with Crippen LogP contribution in [0.5, 0.6) is 0 Å². The summed E-state index contributed by atoms with van der Waals surface area (Å²) >= 11 is 0. The van der Waals surface area contributed by atoms with Gasteiger partial charge in [0.15, 0.2) is 5.76 Å². The van der Waals surface area contributed by atoms with E-state index in [0.717, 1.165) is 4.90 Å². The normalized spacial score (nSPS) is 20.6. The van der Waals surface area contributed by atoms with E-state index in [1.807, 2.05) is 0 Å². The molecule has 2 heterocycles. The second-order valence-corrected chi connectivity index (χ2v) is 3.82. The molecule has 0 N–H and O–H groups in total. The van der Waals surface area contributed by atoms with Crippen LogP contribution >= 0.6 is 0 Å². The highest BCUT2D eigenvalue weighted by Crippen LogP contribution is 2.19. The van der Waals surface area contributed by atoms with Gasteiger partial charge in [-0.15, -0.1) is 0 Å². The minimum atomic E-state index is -0.360. The first-order valence-electron chi connectivity index (χ1n) is 5.00. The van der Waals surface area contributed by atoms with Crippen LogP contribution in [0.4, 0.5) is 0 Å². The molecule has 2 rings (SSSR count). The van der Waals surface area contributed by atoms with Crippen LogP contribution in [0.3, 0.4) is 0 Å². The Bertz CT molecular complexity index is 435. The van der Waals surface area contributed by atoms with Crippen LogP contribution in [0.2, 0.25) is 0 Å². The zero-order chi connectivity index (χ0) is 11.7. The van der Waals surface area contributed by atoms with Crippen LogP contribution in [0.15, 0.2) is 22.8 Å². The van der Waals surface area contributed by atoms with Crippen LogP contribution < -0.4 is 0 Å². The number of carbonyl (C=O) groups is 3. The van der Waals surface area contributed by atoms with Crippen molar-refractivity contribution in [3.63, 3.8) is 0 Å². The first kappa shape index (κ1) is 10.6. The van der Waals surface area contributed by atoms with E-state index in [1.54, 1.807) is 13.0 Å². The molecule has 0 saturated carbocycles. The number of likely N-dealkylation sites (tertiary alicyclic amines) is 1. The van der Waals surface area contributed by atoms with E-state index in [4.69, 9.17) is 4.42 Å². The number of hydrogen-bond acceptors (Lipinski definition) is 4. The van der Waals surface area contributed by atoms with E-state index >= 15 is 0 Å². The van der Waals surface area contributed by atoms with Crippen LogP contribution in [0.25, 0.3) is 0 Å². The van der Waals surface area contributed by atoms with E-state index in [9.17, 15) is 14.4 Å². The topological polar surface area (TPSA) is 67.6 Å². The van der Waals surface area contributed by atoms with Gasteiger partial charge in [0.1, 0.15) is 0 Å². The molecule has 2 amide bonds. The molecule has 1 atom stereocenters. The lowest BCUT2D eigenvalue weighted by Crippen LogP contribution is -2.35. The molecule has 0 spiro atoms. The van der Waals surface area contributed by atoms with Crippen LogP contribution in [-0.2, 0) is 9.59 Å². The number of imide groups is 1. The maximum atomic E-state index is 11.6. The fourth-order valence-electron chi connectivity index (χ4n) is 1.67. The van der Waals surface area contributed by atoms with Gasteiger partial charge in [-0.3, -0.25) is 19.3 Å². The Morgan fingerprint density at radius 3 is 2.81 bits per heavy atom. The molecule has 1 aliphatic rings. The maximum Gasteiger partial charge on any atom is 0.232 e. The lowest BCUT2D eigenvalue weighted by atomic mass is 10.1. The van der Waals surface area contributed by atoms with Crippen molar-refractivity contribution >= 4 is 17.6 Å². The third-order valence-electron chi connectivity index (χ3n) is 2.57. The number of Topliss-reactive ketones (excluding diaryl/α,β-unsaturated/α-hetero) is 1. The molecule has 1 aliphatic heterocycles. The van der Waals surface area contributed by atoms with Crippen LogP contribution in [-0.4, -0.2) is 29.0 Å². The minimum absolute atomic E-state index is 0.167. The summed E-state index contributed by atoms with van der Waals surface area (Å²) in [5, 5.41) is 0. The van der Waals surface area contributed by atoms with E-state index in [-0.39, 0.29) is 42.2 Å². The molecular formula is C11H11NO4. The van der Waals surface area contributed by atoms with E-state index in [0.29, 0.717) is 0 Å². The number of nitrogens with zero attached hydrogens (tertiary/aromatic N) is 1. The van der Waals surface area contributed by atoms with Gasteiger partial charge in [-0.05, 0) is 12.1 Å². The lowest BCUT2D eigenvalue weighted by molar-refractivity contribution is -0.138. The second-order valence-electron chi connectivity index (χ2n) is 3.82. The molecular weight excluding hydrogens is 210 g/mol. The Morgan fingerprint density at radius 2 is 2.31 bits per heavy atom. The smallest absolute Gasteiger partial charge is 0.232 e. The summed E-state index contributed by atoms with van der Waals surface area (Å²) in [6.45, 7) is 1.45. The molecule has 0 aromatic carbocycles. The molecule has 5 heteroatoms. The van der Waals surface area contributed by atoms with Crippen molar-refractivity contribution in [1.29, 1.82) is 0 Å². The Kier molecular flexibility index (Phi) is 2.60. The highest BCUT2D eigenvalue weighted by atomic mass is 16.3. The highest BCUT2D eigenvalue weighted by Gasteiger charge is 2.36. The fraction of sp³-hybridized carbons (Fsp3) is 0.364. The van der Waals surface area contributed by atoms with Crippen LogP contribution in [0.1, 0.15) is 23.9 Å². The summed E-state index contributed by atoms with van der Waals surface area (Å²) < 4.78 is 4.90. The van der Waals surface area contributed by atoms with Crippen molar-refractivity contribution < 1.29 is 18.8 Å². The Hall–Kier alpha value is -1.91. The van der Waals surface area contributed by atoms with Gasteiger partial charge >= 0.3 is 0 Å². The number of furan rings is 1. The summed E-state index contributed by atoms with van der Waals surface area (Å²) in [6.07, 6.45) is 1.56. The van der Waals surface area contributed by atoms with Gasteiger partial charge < -0.3 is 4.42 Å². The number of ketones is 1. The van der Waals surface area contributed by atoms with Crippen LogP contribution in [0, 0.1) is 5.92 Å². The van der Waals surface area contributed by atoms with Gasteiger partial charge in [0.25, 0.3) is 0 Å². The summed E-state index contributed by atoms with van der Waals surface area (Å²) in [5.74, 6) is -1.10. The molecule has 0 aliphatic carbocycles. The summed E-state index contributed by atoms with van der Waals surface area (Å²) in [5.41, 5.74) is 0. The summed E-state index contributed by atoms with van der Waals surface area (Å²) in [6, 6.07) is 3.10. The van der Waals surface area contributed by atoms with Crippen molar-refractivity contribution in [2.45, 2.75) is 13.3 Å². The third kappa shape index (κ3) is 1.76. The molecule has 1 unspecified atom stereocenters. The molecule has 1 aromatic rings. The molecule has 1 aromatic heterocycles. The van der Waals surface area contributed by atoms with E-state index < -0.39 is 0 Å². The van der Waals surface area contributed by atoms with Gasteiger partial charge in [0.2, 0.25) is 17.6 Å². The van der Waals surface area contributed by atoms with Gasteiger partial charge in [0.05, 0.1) is 12.8 Å². The summed E-state index contributed by atoms with van der Waals surface area (Å²) in [4.78, 5) is 35.6. The molecule has 16 heavy (non-hydrogen) atoms. The van der Waals surface area contributed by atoms with E-state index in [2.05, 4.69) is 0 Å². The first-order chi connectivity index (χ1) is 7.59. The van der Waals surface area contributed by atoms with Crippen molar-refractivity contribution in [2.24, 2.45) is 5.92 Å². The Balaban J connectivity index is 2.08.